The molecule has 3 rings (SSSR count). The van der Waals surface area contributed by atoms with Crippen molar-refractivity contribution in [1.29, 1.82) is 0 Å². The second-order valence-electron chi connectivity index (χ2n) is 5.83. The maximum atomic E-state index is 8.73. The maximum Gasteiger partial charge on any atom is 0.226 e. The van der Waals surface area contributed by atoms with Crippen LogP contribution in [-0.2, 0) is 4.74 Å². The van der Waals surface area contributed by atoms with Gasteiger partial charge in [0.1, 0.15) is 0 Å². The first-order valence-corrected chi connectivity index (χ1v) is 8.43. The van der Waals surface area contributed by atoms with Crippen LogP contribution < -0.4 is 10.6 Å². The number of nitrogens with one attached hydrogen (secondary N) is 2. The molecule has 0 atom stereocenters. The summed E-state index contributed by atoms with van der Waals surface area (Å²) in [5, 5.41) is 15.2. The molecule has 2 aromatic heterocycles. The van der Waals surface area contributed by atoms with Crippen LogP contribution in [0.2, 0.25) is 0 Å². The van der Waals surface area contributed by atoms with Gasteiger partial charge in [-0.15, -0.1) is 0 Å². The van der Waals surface area contributed by atoms with E-state index in [1.807, 2.05) is 13.8 Å². The summed E-state index contributed by atoms with van der Waals surface area (Å²) < 4.78 is 5.24. The Labute approximate surface area is 151 Å². The first-order valence-electron chi connectivity index (χ1n) is 8.43. The zero-order valence-electron chi connectivity index (χ0n) is 14.9. The number of nitrogens with zero attached hydrogens (tertiary/aromatic N) is 4. The van der Waals surface area contributed by atoms with Crippen molar-refractivity contribution in [3.05, 3.63) is 41.7 Å². The molecule has 0 saturated carbocycles. The fourth-order valence-electron chi connectivity index (χ4n) is 2.43. The van der Waals surface area contributed by atoms with E-state index in [-0.39, 0.29) is 6.61 Å². The van der Waals surface area contributed by atoms with Crippen molar-refractivity contribution in [2.75, 3.05) is 37.0 Å². The van der Waals surface area contributed by atoms with E-state index >= 15 is 0 Å². The first-order chi connectivity index (χ1) is 12.7. The van der Waals surface area contributed by atoms with Crippen molar-refractivity contribution in [3.63, 3.8) is 0 Å². The summed E-state index contributed by atoms with van der Waals surface area (Å²) in [7, 11) is 0. The molecule has 0 spiro atoms. The van der Waals surface area contributed by atoms with E-state index in [1.54, 1.807) is 12.4 Å². The zero-order chi connectivity index (χ0) is 18.4. The van der Waals surface area contributed by atoms with E-state index in [2.05, 4.69) is 48.8 Å². The first kappa shape index (κ1) is 18.0. The number of aromatic nitrogens is 4. The summed E-state index contributed by atoms with van der Waals surface area (Å²) in [6, 6.07) is 6.19. The van der Waals surface area contributed by atoms with E-state index < -0.39 is 0 Å². The molecule has 3 aromatic rings. The lowest BCUT2D eigenvalue weighted by Crippen LogP contribution is -2.14. The zero-order valence-corrected chi connectivity index (χ0v) is 14.9. The van der Waals surface area contributed by atoms with Gasteiger partial charge in [-0.1, -0.05) is 12.1 Å². The number of hydrogen-bond acceptors (Lipinski definition) is 8. The van der Waals surface area contributed by atoms with Gasteiger partial charge in [-0.2, -0.15) is 9.97 Å². The molecule has 26 heavy (non-hydrogen) atoms. The lowest BCUT2D eigenvalue weighted by molar-refractivity contribution is 0.0991. The van der Waals surface area contributed by atoms with Crippen molar-refractivity contribution in [2.45, 2.75) is 13.8 Å². The van der Waals surface area contributed by atoms with Crippen LogP contribution in [0.5, 0.6) is 0 Å². The third kappa shape index (κ3) is 4.41. The smallest absolute Gasteiger partial charge is 0.226 e. The van der Waals surface area contributed by atoms with Gasteiger partial charge in [0.25, 0.3) is 0 Å². The maximum absolute atomic E-state index is 8.73. The molecule has 0 bridgehead atoms. The summed E-state index contributed by atoms with van der Waals surface area (Å²) in [6.45, 7) is 5.37. The molecule has 2 heterocycles. The van der Waals surface area contributed by atoms with Gasteiger partial charge in [0.15, 0.2) is 17.0 Å². The molecular formula is C18H22N6O2. The van der Waals surface area contributed by atoms with Gasteiger partial charge in [0.2, 0.25) is 5.95 Å². The number of benzene rings is 1. The number of aliphatic hydroxyl groups excluding tert-OH is 1. The monoisotopic (exact) mass is 354 g/mol. The van der Waals surface area contributed by atoms with E-state index in [0.717, 1.165) is 16.8 Å². The van der Waals surface area contributed by atoms with Crippen LogP contribution in [0.4, 0.5) is 17.5 Å². The largest absolute Gasteiger partial charge is 0.394 e. The molecular weight excluding hydrogens is 332 g/mol. The summed E-state index contributed by atoms with van der Waals surface area (Å²) in [6.07, 6.45) is 3.22. The number of aryl methyl sites for hydroxylation is 2. The second-order valence-corrected chi connectivity index (χ2v) is 5.83. The van der Waals surface area contributed by atoms with Gasteiger partial charge in [-0.25, -0.2) is 9.97 Å². The normalized spacial score (nSPS) is 10.9. The van der Waals surface area contributed by atoms with Crippen LogP contribution in [0.3, 0.4) is 0 Å². The van der Waals surface area contributed by atoms with E-state index in [0.29, 0.717) is 42.7 Å². The van der Waals surface area contributed by atoms with Crippen LogP contribution >= 0.6 is 0 Å². The molecule has 1 aromatic carbocycles. The minimum Gasteiger partial charge on any atom is -0.394 e. The molecule has 8 heteroatoms. The minimum atomic E-state index is 0.00593. The van der Waals surface area contributed by atoms with Crippen molar-refractivity contribution >= 4 is 28.6 Å². The third-order valence-corrected chi connectivity index (χ3v) is 3.74. The molecule has 0 radical (unpaired) electrons. The molecule has 0 fully saturated rings. The lowest BCUT2D eigenvalue weighted by Gasteiger charge is -2.13. The Morgan fingerprint density at radius 3 is 2.77 bits per heavy atom. The SMILES string of the molecule is Cc1ccc(C)c(Nc2nc(NCCOCCO)nc3nccnc23)c1. The fourth-order valence-corrected chi connectivity index (χ4v) is 2.43. The van der Waals surface area contributed by atoms with Gasteiger partial charge in [-0.3, -0.25) is 0 Å². The third-order valence-electron chi connectivity index (χ3n) is 3.74. The highest BCUT2D eigenvalue weighted by atomic mass is 16.5. The number of rotatable bonds is 8. The average Bonchev–Trinajstić information content (AvgIpc) is 2.64. The van der Waals surface area contributed by atoms with Crippen molar-refractivity contribution in [2.24, 2.45) is 0 Å². The van der Waals surface area contributed by atoms with Gasteiger partial charge < -0.3 is 20.5 Å². The highest BCUT2D eigenvalue weighted by molar-refractivity contribution is 5.86. The van der Waals surface area contributed by atoms with E-state index in [1.165, 1.54) is 0 Å². The molecule has 8 nitrogen and oxygen atoms in total. The predicted molar refractivity (Wildman–Crippen MR) is 101 cm³/mol. The van der Waals surface area contributed by atoms with Crippen LogP contribution in [0, 0.1) is 13.8 Å². The molecule has 0 unspecified atom stereocenters. The van der Waals surface area contributed by atoms with Gasteiger partial charge in [-0.05, 0) is 31.0 Å². The van der Waals surface area contributed by atoms with E-state index in [9.17, 15) is 0 Å². The molecule has 0 saturated heterocycles. The summed E-state index contributed by atoms with van der Waals surface area (Å²) >= 11 is 0. The van der Waals surface area contributed by atoms with Gasteiger partial charge in [0, 0.05) is 24.6 Å². The molecule has 0 aliphatic carbocycles. The molecule has 3 N–H and O–H groups in total. The number of ether oxygens (including phenoxy) is 1. The van der Waals surface area contributed by atoms with Gasteiger partial charge >= 0.3 is 0 Å². The number of fused-ring (bicyclic) bond motifs is 1. The summed E-state index contributed by atoms with van der Waals surface area (Å²) in [4.78, 5) is 17.6. The lowest BCUT2D eigenvalue weighted by atomic mass is 10.1. The number of anilines is 3. The van der Waals surface area contributed by atoms with Crippen molar-refractivity contribution in [1.82, 2.24) is 19.9 Å². The number of hydrogen-bond donors (Lipinski definition) is 3. The Morgan fingerprint density at radius 1 is 1.08 bits per heavy atom. The van der Waals surface area contributed by atoms with Crippen molar-refractivity contribution < 1.29 is 9.84 Å². The topological polar surface area (TPSA) is 105 Å². The molecule has 136 valence electrons. The van der Waals surface area contributed by atoms with Crippen LogP contribution in [0.1, 0.15) is 11.1 Å². The molecule has 0 aliphatic rings. The van der Waals surface area contributed by atoms with Crippen LogP contribution in [0.25, 0.3) is 11.2 Å². The highest BCUT2D eigenvalue weighted by Crippen LogP contribution is 2.25. The van der Waals surface area contributed by atoms with Crippen molar-refractivity contribution in [3.8, 4) is 0 Å². The average molecular weight is 354 g/mol. The Bertz CT molecular complexity index is 887. The Hall–Kier alpha value is -2.84. The standard InChI is InChI=1S/C18H22N6O2/c1-12-3-4-13(2)14(11-12)22-17-15-16(20-6-5-19-15)23-18(24-17)21-7-9-26-10-8-25/h3-6,11,25H,7-10H2,1-2H3,(H2,20,21,22,23,24). The van der Waals surface area contributed by atoms with Gasteiger partial charge in [0.05, 0.1) is 19.8 Å². The second kappa shape index (κ2) is 8.50. The van der Waals surface area contributed by atoms with Crippen LogP contribution in [-0.4, -0.2) is 51.4 Å². The molecule has 0 amide bonds. The highest BCUT2D eigenvalue weighted by Gasteiger charge is 2.11. The summed E-state index contributed by atoms with van der Waals surface area (Å²) in [5.74, 6) is 1.04. The Balaban J connectivity index is 1.86. The fraction of sp³-hybridized carbons (Fsp3) is 0.333. The molecule has 0 aliphatic heterocycles. The number of aliphatic hydroxyl groups is 1. The quantitative estimate of drug-likeness (QED) is 0.529. The van der Waals surface area contributed by atoms with Crippen LogP contribution in [0.15, 0.2) is 30.6 Å². The Kier molecular flexibility index (Phi) is 5.88. The van der Waals surface area contributed by atoms with E-state index in [4.69, 9.17) is 9.84 Å². The minimum absolute atomic E-state index is 0.00593. The summed E-state index contributed by atoms with van der Waals surface area (Å²) in [5.41, 5.74) is 4.34. The Morgan fingerprint density at radius 2 is 1.92 bits per heavy atom. The predicted octanol–water partition coefficient (Wildman–Crippen LogP) is 2.20.